The van der Waals surface area contributed by atoms with Crippen molar-refractivity contribution in [2.75, 3.05) is 24.7 Å². The number of thioether (sulfide) groups is 1. The normalized spacial score (nSPS) is 13.5. The second-order valence-electron chi connectivity index (χ2n) is 10.2. The van der Waals surface area contributed by atoms with Crippen LogP contribution in [-0.2, 0) is 17.8 Å². The molecule has 0 unspecified atom stereocenters. The number of aryl methyl sites for hydroxylation is 1. The molecule has 1 N–H and O–H groups in total. The van der Waals surface area contributed by atoms with Crippen LogP contribution >= 0.6 is 11.8 Å². The Morgan fingerprint density at radius 1 is 0.884 bits per heavy atom. The lowest BCUT2D eigenvalue weighted by molar-refractivity contribution is -0.114. The summed E-state index contributed by atoms with van der Waals surface area (Å²) in [5, 5.41) is 3.00. The van der Waals surface area contributed by atoms with Crippen molar-refractivity contribution in [3.8, 4) is 11.5 Å². The van der Waals surface area contributed by atoms with E-state index in [-0.39, 0.29) is 11.8 Å². The Morgan fingerprint density at radius 2 is 1.60 bits per heavy atom. The van der Waals surface area contributed by atoms with Crippen LogP contribution in [0.5, 0.6) is 11.5 Å². The van der Waals surface area contributed by atoms with E-state index in [2.05, 4.69) is 24.4 Å². The molecule has 0 saturated carbocycles. The first-order valence-corrected chi connectivity index (χ1v) is 15.4. The minimum atomic E-state index is -0.142. The second kappa shape index (κ2) is 14.1. The maximum absolute atomic E-state index is 13.7. The lowest BCUT2D eigenvalue weighted by Gasteiger charge is -2.31. The van der Waals surface area contributed by atoms with Gasteiger partial charge in [0.1, 0.15) is 0 Å². The average Bonchev–Trinajstić information content (AvgIpc) is 3.02. The standard InChI is InChI=1S/C36H36N2O4S/c1-4-41-31-19-16-27(22-32(31)42-5-2)20-21-37-35(39)28-17-14-26(15-18-28)23-34-36(40)38(24-29-11-7-6-10-25(29)3)30-12-8-9-13-33(30)43-34/h6-19,22-23H,4-5,20-21,24H2,1-3H3,(H,37,39)/b34-23+. The van der Waals surface area contributed by atoms with Gasteiger partial charge in [0.05, 0.1) is 30.4 Å². The van der Waals surface area contributed by atoms with E-state index in [0.717, 1.165) is 38.6 Å². The second-order valence-corrected chi connectivity index (χ2v) is 11.3. The van der Waals surface area contributed by atoms with Crippen LogP contribution in [0, 0.1) is 6.92 Å². The summed E-state index contributed by atoms with van der Waals surface area (Å²) in [7, 11) is 0. The lowest BCUT2D eigenvalue weighted by Crippen LogP contribution is -2.33. The fourth-order valence-electron chi connectivity index (χ4n) is 4.93. The Kier molecular flexibility index (Phi) is 9.84. The molecule has 1 aliphatic rings. The number of fused-ring (bicyclic) bond motifs is 1. The van der Waals surface area contributed by atoms with E-state index in [1.54, 1.807) is 12.1 Å². The van der Waals surface area contributed by atoms with Crippen LogP contribution in [0.2, 0.25) is 0 Å². The number of anilines is 1. The smallest absolute Gasteiger partial charge is 0.265 e. The van der Waals surface area contributed by atoms with Crippen molar-refractivity contribution >= 4 is 35.3 Å². The van der Waals surface area contributed by atoms with Gasteiger partial charge >= 0.3 is 0 Å². The molecule has 0 atom stereocenters. The van der Waals surface area contributed by atoms with Gasteiger partial charge in [-0.1, -0.05) is 66.4 Å². The molecule has 4 aromatic carbocycles. The molecule has 220 valence electrons. The van der Waals surface area contributed by atoms with E-state index in [1.165, 1.54) is 11.8 Å². The molecule has 0 fully saturated rings. The van der Waals surface area contributed by atoms with Gasteiger partial charge in [-0.15, -0.1) is 0 Å². The van der Waals surface area contributed by atoms with Crippen LogP contribution in [0.15, 0.2) is 101 Å². The molecule has 6 nitrogen and oxygen atoms in total. The van der Waals surface area contributed by atoms with Crippen LogP contribution in [-0.4, -0.2) is 31.6 Å². The van der Waals surface area contributed by atoms with Gasteiger partial charge in [-0.25, -0.2) is 0 Å². The Hall–Kier alpha value is -4.49. The quantitative estimate of drug-likeness (QED) is 0.183. The van der Waals surface area contributed by atoms with Gasteiger partial charge in [0.15, 0.2) is 11.5 Å². The number of nitrogens with one attached hydrogen (secondary N) is 1. The number of rotatable bonds is 11. The van der Waals surface area contributed by atoms with E-state index in [4.69, 9.17) is 9.47 Å². The zero-order chi connectivity index (χ0) is 30.2. The summed E-state index contributed by atoms with van der Waals surface area (Å²) in [6.07, 6.45) is 2.57. The van der Waals surface area contributed by atoms with Crippen molar-refractivity contribution in [1.29, 1.82) is 0 Å². The van der Waals surface area contributed by atoms with Gasteiger partial charge in [-0.2, -0.15) is 0 Å². The minimum absolute atomic E-state index is 0.0319. The first-order valence-electron chi connectivity index (χ1n) is 14.6. The first kappa shape index (κ1) is 30.0. The number of amides is 2. The van der Waals surface area contributed by atoms with E-state index in [9.17, 15) is 9.59 Å². The number of nitrogens with zero attached hydrogens (tertiary/aromatic N) is 1. The Bertz CT molecular complexity index is 1630. The van der Waals surface area contributed by atoms with E-state index in [1.807, 2.05) is 91.6 Å². The number of ether oxygens (including phenoxy) is 2. The molecule has 1 aliphatic heterocycles. The monoisotopic (exact) mass is 592 g/mol. The van der Waals surface area contributed by atoms with Crippen molar-refractivity contribution in [2.24, 2.45) is 0 Å². The maximum atomic E-state index is 13.7. The third-order valence-electron chi connectivity index (χ3n) is 7.20. The zero-order valence-electron chi connectivity index (χ0n) is 24.8. The predicted molar refractivity (Wildman–Crippen MR) is 174 cm³/mol. The number of benzene rings is 4. The summed E-state index contributed by atoms with van der Waals surface area (Å²) in [6.45, 7) is 8.07. The molecular formula is C36H36N2O4S. The molecule has 0 bridgehead atoms. The van der Waals surface area contributed by atoms with Crippen molar-refractivity contribution < 1.29 is 19.1 Å². The molecule has 43 heavy (non-hydrogen) atoms. The van der Waals surface area contributed by atoms with Crippen molar-refractivity contribution in [3.63, 3.8) is 0 Å². The molecule has 0 aliphatic carbocycles. The molecule has 4 aromatic rings. The summed E-state index contributed by atoms with van der Waals surface area (Å²) in [6, 6.07) is 29.4. The fourth-order valence-corrected chi connectivity index (χ4v) is 5.99. The van der Waals surface area contributed by atoms with E-state index >= 15 is 0 Å². The molecule has 0 aromatic heterocycles. The Morgan fingerprint density at radius 3 is 2.37 bits per heavy atom. The number of para-hydroxylation sites is 1. The van der Waals surface area contributed by atoms with Crippen LogP contribution in [0.3, 0.4) is 0 Å². The van der Waals surface area contributed by atoms with Crippen LogP contribution in [0.4, 0.5) is 5.69 Å². The highest BCUT2D eigenvalue weighted by Crippen LogP contribution is 2.42. The third kappa shape index (κ3) is 7.30. The van der Waals surface area contributed by atoms with Crippen LogP contribution in [0.25, 0.3) is 6.08 Å². The van der Waals surface area contributed by atoms with E-state index < -0.39 is 0 Å². The third-order valence-corrected chi connectivity index (χ3v) is 8.28. The Labute approximate surface area is 257 Å². The molecule has 5 rings (SSSR count). The van der Waals surface area contributed by atoms with Gasteiger partial charge in [0, 0.05) is 17.0 Å². The van der Waals surface area contributed by atoms with Crippen LogP contribution in [0.1, 0.15) is 46.5 Å². The number of carbonyl (C=O) groups excluding carboxylic acids is 2. The molecule has 7 heteroatoms. The molecule has 2 amide bonds. The summed E-state index contributed by atoms with van der Waals surface area (Å²) in [5.41, 5.74) is 5.68. The summed E-state index contributed by atoms with van der Waals surface area (Å²) in [5.74, 6) is 1.27. The number of carbonyl (C=O) groups is 2. The van der Waals surface area contributed by atoms with Gasteiger partial charge in [-0.3, -0.25) is 9.59 Å². The summed E-state index contributed by atoms with van der Waals surface area (Å²) < 4.78 is 11.3. The highest BCUT2D eigenvalue weighted by molar-refractivity contribution is 8.04. The topological polar surface area (TPSA) is 67.9 Å². The highest BCUT2D eigenvalue weighted by Gasteiger charge is 2.29. The lowest BCUT2D eigenvalue weighted by atomic mass is 10.1. The fraction of sp³-hybridized carbons (Fsp3) is 0.222. The van der Waals surface area contributed by atoms with Gasteiger partial charge < -0.3 is 19.7 Å². The summed E-state index contributed by atoms with van der Waals surface area (Å²) in [4.78, 5) is 30.1. The van der Waals surface area contributed by atoms with Gasteiger partial charge in [0.25, 0.3) is 11.8 Å². The molecule has 1 heterocycles. The summed E-state index contributed by atoms with van der Waals surface area (Å²) >= 11 is 1.48. The number of hydrogen-bond donors (Lipinski definition) is 1. The van der Waals surface area contributed by atoms with Gasteiger partial charge in [-0.05, 0) is 91.9 Å². The van der Waals surface area contributed by atoms with Crippen LogP contribution < -0.4 is 19.7 Å². The molecule has 0 radical (unpaired) electrons. The van der Waals surface area contributed by atoms with Crippen molar-refractivity contribution in [3.05, 3.63) is 124 Å². The minimum Gasteiger partial charge on any atom is -0.490 e. The molecule has 0 saturated heterocycles. The maximum Gasteiger partial charge on any atom is 0.265 e. The Balaban J connectivity index is 1.24. The molecular weight excluding hydrogens is 556 g/mol. The highest BCUT2D eigenvalue weighted by atomic mass is 32.2. The van der Waals surface area contributed by atoms with Crippen molar-refractivity contribution in [2.45, 2.75) is 38.6 Å². The zero-order valence-corrected chi connectivity index (χ0v) is 25.6. The predicted octanol–water partition coefficient (Wildman–Crippen LogP) is 7.44. The van der Waals surface area contributed by atoms with Crippen molar-refractivity contribution in [1.82, 2.24) is 5.32 Å². The molecule has 0 spiro atoms. The first-order chi connectivity index (χ1) is 21.0. The van der Waals surface area contributed by atoms with Gasteiger partial charge in [0.2, 0.25) is 0 Å². The largest absolute Gasteiger partial charge is 0.490 e. The SMILES string of the molecule is CCOc1ccc(CCNC(=O)c2ccc(/C=C3/Sc4ccccc4N(Cc4ccccc4C)C3=O)cc2)cc1OCC. The van der Waals surface area contributed by atoms with E-state index in [0.29, 0.717) is 48.9 Å². The number of hydrogen-bond acceptors (Lipinski definition) is 5. The average molecular weight is 593 g/mol.